The molecule has 2 atom stereocenters. The smallest absolute Gasteiger partial charge is 0.462 e. The minimum Gasteiger partial charge on any atom is -0.462 e. The average Bonchev–Trinajstić information content (AvgIpc) is 1.01. The molecule has 2 unspecified atom stereocenters. The molecule has 0 spiro atoms. The maximum Gasteiger partial charge on any atom is 0.472 e. The van der Waals surface area contributed by atoms with Gasteiger partial charge in [0.2, 0.25) is 0 Å². The summed E-state index contributed by atoms with van der Waals surface area (Å²) in [7, 11) is -4.39. The van der Waals surface area contributed by atoms with Crippen LogP contribution in [0.25, 0.3) is 0 Å². The van der Waals surface area contributed by atoms with Crippen molar-refractivity contribution < 1.29 is 37.6 Å². The van der Waals surface area contributed by atoms with Gasteiger partial charge in [-0.2, -0.15) is 0 Å². The first-order chi connectivity index (χ1) is 49.3. The van der Waals surface area contributed by atoms with Gasteiger partial charge in [0.25, 0.3) is 0 Å². The number of phosphoric ester groups is 1. The Morgan fingerprint density at radius 1 is 0.290 bits per heavy atom. The number of nitrogens with two attached hydrogens (primary N) is 1. The molecule has 0 aliphatic carbocycles. The third kappa shape index (κ3) is 85.7. The molecule has 596 valence electrons. The van der Waals surface area contributed by atoms with Gasteiger partial charge in [-0.05, 0) is 38.5 Å². The number of ether oxygens (including phenoxy) is 2. The molecule has 0 aromatic carbocycles. The largest absolute Gasteiger partial charge is 0.472 e. The van der Waals surface area contributed by atoms with Gasteiger partial charge in [0.15, 0.2) is 6.10 Å². The fraction of sp³-hybridized carbons (Fsp3) is 0.956. The number of hydrogen-bond acceptors (Lipinski definition) is 8. The van der Waals surface area contributed by atoms with E-state index >= 15 is 0 Å². The van der Waals surface area contributed by atoms with Gasteiger partial charge in [-0.3, -0.25) is 18.6 Å². The Labute approximate surface area is 625 Å². The Morgan fingerprint density at radius 3 is 0.710 bits per heavy atom. The van der Waals surface area contributed by atoms with Crippen LogP contribution in [-0.4, -0.2) is 49.3 Å². The molecule has 0 amide bonds. The zero-order chi connectivity index (χ0) is 72.2. The summed E-state index contributed by atoms with van der Waals surface area (Å²) in [5.74, 6) is -0.793. The van der Waals surface area contributed by atoms with E-state index in [1.807, 2.05) is 0 Å². The van der Waals surface area contributed by atoms with Crippen molar-refractivity contribution in [2.75, 3.05) is 26.4 Å². The summed E-state index contributed by atoms with van der Waals surface area (Å²) >= 11 is 0. The molecule has 0 bridgehead atoms. The number of phosphoric acid groups is 1. The fourth-order valence-corrected chi connectivity index (χ4v) is 15.4. The summed E-state index contributed by atoms with van der Waals surface area (Å²) < 4.78 is 33.4. The molecule has 0 aromatic heterocycles. The highest BCUT2D eigenvalue weighted by molar-refractivity contribution is 7.47. The lowest BCUT2D eigenvalue weighted by molar-refractivity contribution is -0.161. The van der Waals surface area contributed by atoms with Crippen LogP contribution in [0.4, 0.5) is 0 Å². The SMILES string of the molecule is CCCCCCCCCC/C=C\CCCCCCCCCCCCCCCCCCCCCCCCCCCCCC(=O)OC(COC(=O)CCCCCCCCCCCCCCCCCCCCCCCCCCCCCCCCCCCCCCCCCC)COP(=O)(O)OCCN. The van der Waals surface area contributed by atoms with Crippen LogP contribution in [0.5, 0.6) is 0 Å². The fourth-order valence-electron chi connectivity index (χ4n) is 14.6. The topological polar surface area (TPSA) is 134 Å². The van der Waals surface area contributed by atoms with Crippen molar-refractivity contribution in [2.45, 2.75) is 527 Å². The highest BCUT2D eigenvalue weighted by Gasteiger charge is 2.26. The minimum absolute atomic E-state index is 0.0584. The summed E-state index contributed by atoms with van der Waals surface area (Å²) in [4.78, 5) is 35.5. The molecule has 9 nitrogen and oxygen atoms in total. The maximum atomic E-state index is 12.8. The number of rotatable bonds is 89. The molecular formula is C90H178NO8P. The molecule has 3 N–H and O–H groups in total. The number of esters is 2. The first-order valence-corrected chi connectivity index (χ1v) is 47.2. The lowest BCUT2D eigenvalue weighted by atomic mass is 10.0. The lowest BCUT2D eigenvalue weighted by Gasteiger charge is -2.19. The average molecular weight is 1430 g/mol. The summed E-state index contributed by atoms with van der Waals surface area (Å²) in [6.07, 6.45) is 110. The number of carbonyl (C=O) groups is 2. The van der Waals surface area contributed by atoms with Gasteiger partial charge < -0.3 is 20.1 Å². The van der Waals surface area contributed by atoms with Crippen molar-refractivity contribution in [1.82, 2.24) is 0 Å². The van der Waals surface area contributed by atoms with E-state index in [4.69, 9.17) is 24.3 Å². The third-order valence-corrected chi connectivity index (χ3v) is 22.4. The van der Waals surface area contributed by atoms with Gasteiger partial charge >= 0.3 is 19.8 Å². The first-order valence-electron chi connectivity index (χ1n) is 45.7. The van der Waals surface area contributed by atoms with Crippen LogP contribution in [0.3, 0.4) is 0 Å². The van der Waals surface area contributed by atoms with E-state index in [1.54, 1.807) is 0 Å². The summed E-state index contributed by atoms with van der Waals surface area (Å²) in [6, 6.07) is 0. The molecule has 0 aliphatic rings. The summed E-state index contributed by atoms with van der Waals surface area (Å²) in [5, 5.41) is 0. The van der Waals surface area contributed by atoms with Crippen LogP contribution in [0.15, 0.2) is 12.2 Å². The second kappa shape index (κ2) is 86.7. The van der Waals surface area contributed by atoms with Crippen molar-refractivity contribution in [2.24, 2.45) is 5.73 Å². The van der Waals surface area contributed by atoms with Crippen LogP contribution in [0, 0.1) is 0 Å². The van der Waals surface area contributed by atoms with E-state index in [0.717, 1.165) is 32.1 Å². The number of hydrogen-bond donors (Lipinski definition) is 2. The highest BCUT2D eigenvalue weighted by Crippen LogP contribution is 2.43. The van der Waals surface area contributed by atoms with E-state index in [0.29, 0.717) is 12.8 Å². The number of carbonyl (C=O) groups excluding carboxylic acids is 2. The second-order valence-electron chi connectivity index (χ2n) is 31.5. The van der Waals surface area contributed by atoms with Crippen molar-refractivity contribution in [3.8, 4) is 0 Å². The van der Waals surface area contributed by atoms with Crippen LogP contribution >= 0.6 is 7.82 Å². The molecule has 0 radical (unpaired) electrons. The highest BCUT2D eigenvalue weighted by atomic mass is 31.2. The van der Waals surface area contributed by atoms with Gasteiger partial charge in [-0.1, -0.05) is 482 Å². The van der Waals surface area contributed by atoms with Crippen molar-refractivity contribution in [1.29, 1.82) is 0 Å². The standard InChI is InChI=1S/C90H178NO8P/c1-3-5-7-9-11-13-15-17-19-21-23-25-27-29-31-33-35-37-39-41-43-45-46-48-50-52-54-56-58-60-62-64-66-68-70-72-74-76-78-80-82-89(92)96-86-88(87-98-100(94,95)97-85-84-91)99-90(93)83-81-79-77-75-73-71-69-67-65-63-61-59-57-55-53-51-49-47-44-42-40-38-36-34-32-30-28-26-24-22-20-18-16-14-12-10-8-6-4-2/h22,24,88H,3-21,23,25-87,91H2,1-2H3,(H,94,95)/b24-22-. The van der Waals surface area contributed by atoms with E-state index in [-0.39, 0.29) is 32.1 Å². The molecule has 0 heterocycles. The zero-order valence-electron chi connectivity index (χ0n) is 67.8. The Morgan fingerprint density at radius 2 is 0.490 bits per heavy atom. The normalized spacial score (nSPS) is 12.7. The molecule has 0 rings (SSSR count). The molecule has 0 aliphatic heterocycles. The Balaban J connectivity index is 3.67. The Hall–Kier alpha value is -1.25. The minimum atomic E-state index is -4.39. The van der Waals surface area contributed by atoms with E-state index in [1.165, 1.54) is 456 Å². The number of allylic oxidation sites excluding steroid dienone is 2. The van der Waals surface area contributed by atoms with Gasteiger partial charge in [0, 0.05) is 19.4 Å². The molecular weight excluding hydrogens is 1250 g/mol. The maximum absolute atomic E-state index is 12.8. The van der Waals surface area contributed by atoms with Crippen molar-refractivity contribution in [3.63, 3.8) is 0 Å². The molecule has 0 fully saturated rings. The monoisotopic (exact) mass is 1430 g/mol. The first kappa shape index (κ1) is 98.8. The summed E-state index contributed by atoms with van der Waals surface area (Å²) in [5.41, 5.74) is 5.43. The predicted octanol–water partition coefficient (Wildman–Crippen LogP) is 30.9. The van der Waals surface area contributed by atoms with Gasteiger partial charge in [0.05, 0.1) is 13.2 Å². The molecule has 10 heteroatoms. The van der Waals surface area contributed by atoms with Crippen molar-refractivity contribution in [3.05, 3.63) is 12.2 Å². The lowest BCUT2D eigenvalue weighted by Crippen LogP contribution is -2.29. The van der Waals surface area contributed by atoms with Crippen LogP contribution in [-0.2, 0) is 32.7 Å². The van der Waals surface area contributed by atoms with E-state index in [9.17, 15) is 19.0 Å². The quantitative estimate of drug-likeness (QED) is 0.0264. The van der Waals surface area contributed by atoms with Crippen LogP contribution < -0.4 is 5.73 Å². The molecule has 0 saturated heterocycles. The Kier molecular flexibility index (Phi) is 85.6. The Bertz CT molecular complexity index is 1650. The zero-order valence-corrected chi connectivity index (χ0v) is 68.6. The second-order valence-corrected chi connectivity index (χ2v) is 33.0. The molecule has 0 aromatic rings. The van der Waals surface area contributed by atoms with E-state index in [2.05, 4.69) is 26.0 Å². The van der Waals surface area contributed by atoms with Gasteiger partial charge in [-0.15, -0.1) is 0 Å². The third-order valence-electron chi connectivity index (χ3n) is 21.4. The van der Waals surface area contributed by atoms with Gasteiger partial charge in [0.1, 0.15) is 6.61 Å². The van der Waals surface area contributed by atoms with E-state index < -0.39 is 26.5 Å². The van der Waals surface area contributed by atoms with Gasteiger partial charge in [-0.25, -0.2) is 4.57 Å². The molecule has 0 saturated carbocycles. The van der Waals surface area contributed by atoms with Crippen LogP contribution in [0.1, 0.15) is 521 Å². The van der Waals surface area contributed by atoms with Crippen LogP contribution in [0.2, 0.25) is 0 Å². The molecule has 100 heavy (non-hydrogen) atoms. The predicted molar refractivity (Wildman–Crippen MR) is 437 cm³/mol. The number of unbranched alkanes of at least 4 members (excludes halogenated alkanes) is 74. The van der Waals surface area contributed by atoms with Crippen molar-refractivity contribution >= 4 is 19.8 Å². The summed E-state index contributed by atoms with van der Waals surface area (Å²) in [6.45, 7) is 3.86.